The van der Waals surface area contributed by atoms with Gasteiger partial charge in [0.2, 0.25) is 10.0 Å². The van der Waals surface area contributed by atoms with Crippen LogP contribution in [0.1, 0.15) is 18.9 Å². The first-order valence-corrected chi connectivity index (χ1v) is 9.02. The number of nitrogen functional groups attached to an aromatic ring is 1. The normalized spacial score (nSPS) is 15.1. The Bertz CT molecular complexity index is 570. The van der Waals surface area contributed by atoms with Crippen molar-refractivity contribution in [2.24, 2.45) is 0 Å². The molecule has 0 aliphatic heterocycles. The topological polar surface area (TPSA) is 89.3 Å². The number of hydrogen-bond donors (Lipinski definition) is 2. The molecule has 7 heteroatoms. The van der Waals surface area contributed by atoms with E-state index in [4.69, 9.17) is 5.73 Å². The SMILES string of the molecule is Cc1cc(S(=O)(=O)NCCC(C)S(C)=O)ccc1N. The summed E-state index contributed by atoms with van der Waals surface area (Å²) in [7, 11) is -4.47. The van der Waals surface area contributed by atoms with Crippen molar-refractivity contribution in [3.63, 3.8) is 0 Å². The molecular weight excluding hydrogens is 284 g/mol. The minimum absolute atomic E-state index is 0.0316. The first-order valence-electron chi connectivity index (χ1n) is 5.92. The highest BCUT2D eigenvalue weighted by molar-refractivity contribution is 7.89. The van der Waals surface area contributed by atoms with Crippen molar-refractivity contribution in [1.82, 2.24) is 4.72 Å². The monoisotopic (exact) mass is 304 g/mol. The van der Waals surface area contributed by atoms with Crippen molar-refractivity contribution in [1.29, 1.82) is 0 Å². The maximum absolute atomic E-state index is 12.0. The van der Waals surface area contributed by atoms with Gasteiger partial charge in [0.1, 0.15) is 0 Å². The van der Waals surface area contributed by atoms with Crippen LogP contribution in [0.5, 0.6) is 0 Å². The molecule has 0 saturated heterocycles. The zero-order chi connectivity index (χ0) is 14.6. The molecule has 0 aliphatic carbocycles. The molecule has 19 heavy (non-hydrogen) atoms. The smallest absolute Gasteiger partial charge is 0.240 e. The van der Waals surface area contributed by atoms with Crippen molar-refractivity contribution in [3.8, 4) is 0 Å². The summed E-state index contributed by atoms with van der Waals surface area (Å²) >= 11 is 0. The van der Waals surface area contributed by atoms with E-state index in [2.05, 4.69) is 4.72 Å². The van der Waals surface area contributed by atoms with Gasteiger partial charge < -0.3 is 5.73 Å². The van der Waals surface area contributed by atoms with Gasteiger partial charge in [0.15, 0.2) is 0 Å². The lowest BCUT2D eigenvalue weighted by atomic mass is 10.2. The number of rotatable bonds is 6. The summed E-state index contributed by atoms with van der Waals surface area (Å²) in [6.07, 6.45) is 2.15. The zero-order valence-electron chi connectivity index (χ0n) is 11.3. The molecule has 0 bridgehead atoms. The van der Waals surface area contributed by atoms with Gasteiger partial charge in [-0.1, -0.05) is 6.92 Å². The van der Waals surface area contributed by atoms with E-state index in [0.717, 1.165) is 5.56 Å². The van der Waals surface area contributed by atoms with E-state index in [0.29, 0.717) is 12.1 Å². The molecule has 0 aromatic heterocycles. The number of hydrogen-bond acceptors (Lipinski definition) is 4. The van der Waals surface area contributed by atoms with Crippen LogP contribution in [-0.2, 0) is 20.8 Å². The Morgan fingerprint density at radius 2 is 2.05 bits per heavy atom. The van der Waals surface area contributed by atoms with Gasteiger partial charge in [0.25, 0.3) is 0 Å². The molecule has 2 unspecified atom stereocenters. The maximum atomic E-state index is 12.0. The second-order valence-electron chi connectivity index (χ2n) is 4.51. The van der Waals surface area contributed by atoms with Gasteiger partial charge in [0, 0.05) is 34.5 Å². The molecule has 1 aromatic carbocycles. The number of nitrogens with one attached hydrogen (secondary N) is 1. The molecular formula is C12H20N2O3S2. The first-order chi connectivity index (χ1) is 8.74. The van der Waals surface area contributed by atoms with Crippen molar-refractivity contribution in [2.45, 2.75) is 30.4 Å². The molecule has 0 radical (unpaired) electrons. The summed E-state index contributed by atoms with van der Waals surface area (Å²) in [4.78, 5) is 0.199. The van der Waals surface area contributed by atoms with Crippen molar-refractivity contribution in [3.05, 3.63) is 23.8 Å². The molecule has 0 amide bonds. The van der Waals surface area contributed by atoms with Gasteiger partial charge in [-0.3, -0.25) is 4.21 Å². The van der Waals surface area contributed by atoms with E-state index in [1.165, 1.54) is 6.07 Å². The second kappa shape index (κ2) is 6.49. The molecule has 108 valence electrons. The third kappa shape index (κ3) is 4.59. The third-order valence-corrected chi connectivity index (χ3v) is 5.79. The fourth-order valence-electron chi connectivity index (χ4n) is 1.46. The van der Waals surface area contributed by atoms with Crippen LogP contribution in [0.4, 0.5) is 5.69 Å². The number of anilines is 1. The molecule has 0 aliphatic rings. The molecule has 0 saturated carbocycles. The van der Waals surface area contributed by atoms with Gasteiger partial charge in [-0.25, -0.2) is 13.1 Å². The number of sulfonamides is 1. The van der Waals surface area contributed by atoms with E-state index < -0.39 is 20.8 Å². The average Bonchev–Trinajstić information content (AvgIpc) is 2.32. The predicted molar refractivity (Wildman–Crippen MR) is 78.9 cm³/mol. The van der Waals surface area contributed by atoms with Crippen LogP contribution in [0.25, 0.3) is 0 Å². The van der Waals surface area contributed by atoms with Gasteiger partial charge in [-0.05, 0) is 37.1 Å². The largest absolute Gasteiger partial charge is 0.399 e. The molecule has 0 fully saturated rings. The van der Waals surface area contributed by atoms with Crippen LogP contribution in [0.3, 0.4) is 0 Å². The quantitative estimate of drug-likeness (QED) is 0.768. The summed E-state index contributed by atoms with van der Waals surface area (Å²) in [5.41, 5.74) is 6.95. The number of aryl methyl sites for hydroxylation is 1. The standard InChI is InChI=1S/C12H20N2O3S2/c1-9-8-11(4-5-12(9)13)19(16,17)14-7-6-10(2)18(3)15/h4-5,8,10,14H,6-7,13H2,1-3H3. The summed E-state index contributed by atoms with van der Waals surface area (Å²) < 4.78 is 37.7. The Hall–Kier alpha value is -0.920. The molecule has 1 aromatic rings. The van der Waals surface area contributed by atoms with Gasteiger partial charge in [-0.2, -0.15) is 0 Å². The molecule has 1 rings (SSSR count). The average molecular weight is 304 g/mol. The Kier molecular flexibility index (Phi) is 5.51. The van der Waals surface area contributed by atoms with Crippen LogP contribution in [-0.4, -0.2) is 30.7 Å². The van der Waals surface area contributed by atoms with Crippen molar-refractivity contribution >= 4 is 26.5 Å². The maximum Gasteiger partial charge on any atom is 0.240 e. The van der Waals surface area contributed by atoms with Crippen LogP contribution < -0.4 is 10.5 Å². The molecule has 2 atom stereocenters. The highest BCUT2D eigenvalue weighted by Gasteiger charge is 2.15. The fraction of sp³-hybridized carbons (Fsp3) is 0.500. The summed E-state index contributed by atoms with van der Waals surface area (Å²) in [5.74, 6) is 0. The van der Waals surface area contributed by atoms with E-state index in [1.807, 2.05) is 6.92 Å². The number of benzene rings is 1. The van der Waals surface area contributed by atoms with Crippen LogP contribution in [0.15, 0.2) is 23.1 Å². The van der Waals surface area contributed by atoms with Crippen LogP contribution in [0.2, 0.25) is 0 Å². The van der Waals surface area contributed by atoms with Crippen molar-refractivity contribution in [2.75, 3.05) is 18.5 Å². The molecule has 3 N–H and O–H groups in total. The zero-order valence-corrected chi connectivity index (χ0v) is 13.0. The summed E-state index contributed by atoms with van der Waals surface area (Å²) in [6, 6.07) is 4.60. The fourth-order valence-corrected chi connectivity index (χ4v) is 3.04. The lowest BCUT2D eigenvalue weighted by Crippen LogP contribution is -2.27. The minimum atomic E-state index is -3.53. The Balaban J connectivity index is 2.71. The van der Waals surface area contributed by atoms with E-state index in [1.54, 1.807) is 25.3 Å². The predicted octanol–water partition coefficient (Wildman–Crippen LogP) is 1.01. The Labute approximate surface area is 117 Å². The van der Waals surface area contributed by atoms with Gasteiger partial charge >= 0.3 is 0 Å². The van der Waals surface area contributed by atoms with Gasteiger partial charge in [-0.15, -0.1) is 0 Å². The second-order valence-corrected chi connectivity index (χ2v) is 8.08. The van der Waals surface area contributed by atoms with Crippen molar-refractivity contribution < 1.29 is 12.6 Å². The Morgan fingerprint density at radius 1 is 1.42 bits per heavy atom. The van der Waals surface area contributed by atoms with E-state index in [-0.39, 0.29) is 16.7 Å². The highest BCUT2D eigenvalue weighted by Crippen LogP contribution is 2.16. The van der Waals surface area contributed by atoms with Gasteiger partial charge in [0.05, 0.1) is 4.90 Å². The molecule has 5 nitrogen and oxygen atoms in total. The summed E-state index contributed by atoms with van der Waals surface area (Å²) in [6.45, 7) is 3.86. The lowest BCUT2D eigenvalue weighted by molar-refractivity contribution is 0.578. The Morgan fingerprint density at radius 3 is 2.58 bits per heavy atom. The summed E-state index contributed by atoms with van der Waals surface area (Å²) in [5, 5.41) is -0.0316. The van der Waals surface area contributed by atoms with Crippen LogP contribution in [0, 0.1) is 6.92 Å². The van der Waals surface area contributed by atoms with E-state index in [9.17, 15) is 12.6 Å². The first kappa shape index (κ1) is 16.1. The highest BCUT2D eigenvalue weighted by atomic mass is 32.2. The van der Waals surface area contributed by atoms with E-state index >= 15 is 0 Å². The number of nitrogens with two attached hydrogens (primary N) is 1. The molecule has 0 spiro atoms. The minimum Gasteiger partial charge on any atom is -0.399 e. The lowest BCUT2D eigenvalue weighted by Gasteiger charge is -2.11. The van der Waals surface area contributed by atoms with Crippen LogP contribution >= 0.6 is 0 Å². The molecule has 0 heterocycles. The third-order valence-electron chi connectivity index (χ3n) is 2.96.